The Morgan fingerprint density at radius 3 is 2.26 bits per heavy atom. The van der Waals surface area contributed by atoms with Gasteiger partial charge in [-0.05, 0) is 24.3 Å². The number of benzene rings is 1. The third kappa shape index (κ3) is 3.33. The Balaban J connectivity index is 1.42. The highest BCUT2D eigenvalue weighted by Crippen LogP contribution is 2.39. The number of carbonyl (C=O) groups excluding carboxylic acids is 3. The largest absolute Gasteiger partial charge is 0.550 e. The molecule has 2 bridgehead atoms. The Bertz CT molecular complexity index is 784. The number of ether oxygens (including phenoxy) is 2. The van der Waals surface area contributed by atoms with Crippen LogP contribution >= 0.6 is 0 Å². The second-order valence-corrected chi connectivity index (χ2v) is 6.79. The van der Waals surface area contributed by atoms with E-state index in [1.807, 2.05) is 0 Å². The summed E-state index contributed by atoms with van der Waals surface area (Å²) in [5.41, 5.74) is 1.01. The zero-order valence-electron chi connectivity index (χ0n) is 14.5. The lowest BCUT2D eigenvalue weighted by Gasteiger charge is -2.27. The van der Waals surface area contributed by atoms with Crippen molar-refractivity contribution < 1.29 is 29.0 Å². The lowest BCUT2D eigenvalue weighted by molar-refractivity contribution is -0.313. The summed E-state index contributed by atoms with van der Waals surface area (Å²) < 4.78 is 10.7. The molecular formula is C19H19N2O6-. The maximum absolute atomic E-state index is 12.6. The fourth-order valence-corrected chi connectivity index (χ4v) is 3.77. The number of rotatable bonds is 4. The monoisotopic (exact) mass is 371 g/mol. The van der Waals surface area contributed by atoms with Crippen molar-refractivity contribution in [1.82, 2.24) is 4.90 Å². The van der Waals surface area contributed by atoms with Crippen LogP contribution in [-0.4, -0.2) is 61.2 Å². The van der Waals surface area contributed by atoms with Crippen LogP contribution in [0.3, 0.4) is 0 Å². The number of carboxylic acids is 1. The highest BCUT2D eigenvalue weighted by Gasteiger charge is 2.50. The third-order valence-corrected chi connectivity index (χ3v) is 5.17. The van der Waals surface area contributed by atoms with Gasteiger partial charge in [0.25, 0.3) is 5.91 Å². The molecule has 1 aromatic carbocycles. The molecule has 0 spiro atoms. The Kier molecular flexibility index (Phi) is 4.67. The normalized spacial score (nSPS) is 29.0. The van der Waals surface area contributed by atoms with Gasteiger partial charge in [-0.15, -0.1) is 0 Å². The van der Waals surface area contributed by atoms with E-state index in [2.05, 4.69) is 5.32 Å². The second kappa shape index (κ2) is 7.13. The number of hydrogen-bond acceptors (Lipinski definition) is 6. The summed E-state index contributed by atoms with van der Waals surface area (Å²) in [4.78, 5) is 38.1. The summed E-state index contributed by atoms with van der Waals surface area (Å²) in [6, 6.07) is 6.54. The van der Waals surface area contributed by atoms with Crippen molar-refractivity contribution in [3.8, 4) is 0 Å². The first-order valence-electron chi connectivity index (χ1n) is 8.87. The van der Waals surface area contributed by atoms with Gasteiger partial charge >= 0.3 is 0 Å². The Labute approximate surface area is 155 Å². The minimum Gasteiger partial charge on any atom is -0.550 e. The molecule has 0 aliphatic carbocycles. The molecule has 3 aliphatic heterocycles. The van der Waals surface area contributed by atoms with E-state index in [1.165, 1.54) is 0 Å². The van der Waals surface area contributed by atoms with Crippen LogP contribution in [0.1, 0.15) is 10.4 Å². The quantitative estimate of drug-likeness (QED) is 0.710. The van der Waals surface area contributed by atoms with Crippen LogP contribution in [0.4, 0.5) is 5.69 Å². The Hall–Kier alpha value is -2.71. The molecule has 0 saturated carbocycles. The highest BCUT2D eigenvalue weighted by atomic mass is 16.5. The number of nitrogens with one attached hydrogen (secondary N) is 1. The standard InChI is InChI=1S/C19H20N2O6/c22-17(15-13-5-6-14(27-13)16(15)19(24)25)20-12-3-1-11(2-4-12)18(23)21-7-9-26-10-8-21/h1-6,13-16H,7-10H2,(H,20,22)(H,24,25)/p-1/t13-,14+,15+,16-/m0/s1. The zero-order chi connectivity index (χ0) is 19.0. The van der Waals surface area contributed by atoms with Crippen molar-refractivity contribution in [3.05, 3.63) is 42.0 Å². The van der Waals surface area contributed by atoms with Crippen LogP contribution in [0.5, 0.6) is 0 Å². The van der Waals surface area contributed by atoms with Crippen molar-refractivity contribution in [1.29, 1.82) is 0 Å². The van der Waals surface area contributed by atoms with E-state index in [0.29, 0.717) is 37.6 Å². The highest BCUT2D eigenvalue weighted by molar-refractivity contribution is 5.98. The molecule has 0 unspecified atom stereocenters. The number of fused-ring (bicyclic) bond motifs is 2. The van der Waals surface area contributed by atoms with Gasteiger partial charge in [0.2, 0.25) is 5.91 Å². The summed E-state index contributed by atoms with van der Waals surface area (Å²) in [5.74, 6) is -3.64. The SMILES string of the molecule is O=C([O-])[C@@H]1[C@H](C(=O)Nc2ccc(C(=O)N3CCOCC3)cc2)[C@@H]2C=C[C@H]1O2. The number of carboxylic acid groups (broad SMARTS) is 1. The molecule has 1 N–H and O–H groups in total. The molecule has 8 nitrogen and oxygen atoms in total. The number of aliphatic carboxylic acids is 1. The number of morpholine rings is 1. The topological polar surface area (TPSA) is 108 Å². The molecule has 4 rings (SSSR count). The van der Waals surface area contributed by atoms with Crippen LogP contribution < -0.4 is 10.4 Å². The molecule has 1 aromatic rings. The van der Waals surface area contributed by atoms with E-state index >= 15 is 0 Å². The Morgan fingerprint density at radius 2 is 1.63 bits per heavy atom. The zero-order valence-corrected chi connectivity index (χ0v) is 14.5. The van der Waals surface area contributed by atoms with Crippen LogP contribution in [-0.2, 0) is 19.1 Å². The van der Waals surface area contributed by atoms with Crippen molar-refractivity contribution in [2.75, 3.05) is 31.6 Å². The fraction of sp³-hybridized carbons (Fsp3) is 0.421. The summed E-state index contributed by atoms with van der Waals surface area (Å²) in [6.45, 7) is 2.17. The maximum Gasteiger partial charge on any atom is 0.254 e. The van der Waals surface area contributed by atoms with E-state index < -0.39 is 35.9 Å². The van der Waals surface area contributed by atoms with Gasteiger partial charge in [0.05, 0.1) is 31.3 Å². The first-order chi connectivity index (χ1) is 13.0. The van der Waals surface area contributed by atoms with Gasteiger partial charge in [-0.25, -0.2) is 0 Å². The van der Waals surface area contributed by atoms with E-state index in [1.54, 1.807) is 41.3 Å². The van der Waals surface area contributed by atoms with E-state index in [-0.39, 0.29) is 5.91 Å². The van der Waals surface area contributed by atoms with E-state index in [4.69, 9.17) is 9.47 Å². The van der Waals surface area contributed by atoms with Crippen LogP contribution in [0.15, 0.2) is 36.4 Å². The van der Waals surface area contributed by atoms with Crippen LogP contribution in [0.25, 0.3) is 0 Å². The van der Waals surface area contributed by atoms with Crippen molar-refractivity contribution in [2.45, 2.75) is 12.2 Å². The van der Waals surface area contributed by atoms with Crippen LogP contribution in [0, 0.1) is 11.8 Å². The average Bonchev–Trinajstić information content (AvgIpc) is 3.30. The first-order valence-corrected chi connectivity index (χ1v) is 8.87. The molecule has 2 fully saturated rings. The van der Waals surface area contributed by atoms with Crippen molar-refractivity contribution >= 4 is 23.5 Å². The maximum atomic E-state index is 12.6. The summed E-state index contributed by atoms with van der Waals surface area (Å²) in [6.07, 6.45) is 2.18. The van der Waals surface area contributed by atoms with E-state index in [0.717, 1.165) is 0 Å². The van der Waals surface area contributed by atoms with Gasteiger partial charge < -0.3 is 29.6 Å². The molecule has 0 aromatic heterocycles. The van der Waals surface area contributed by atoms with Gasteiger partial charge in [0, 0.05) is 36.2 Å². The molecular weight excluding hydrogens is 352 g/mol. The minimum atomic E-state index is -1.29. The smallest absolute Gasteiger partial charge is 0.254 e. The predicted molar refractivity (Wildman–Crippen MR) is 91.6 cm³/mol. The number of anilines is 1. The number of nitrogens with zero attached hydrogens (tertiary/aromatic N) is 1. The van der Waals surface area contributed by atoms with Gasteiger partial charge in [0.1, 0.15) is 0 Å². The third-order valence-electron chi connectivity index (χ3n) is 5.17. The molecule has 8 heteroatoms. The molecule has 3 heterocycles. The second-order valence-electron chi connectivity index (χ2n) is 6.79. The molecule has 3 aliphatic rings. The van der Waals surface area contributed by atoms with Crippen molar-refractivity contribution in [2.24, 2.45) is 11.8 Å². The minimum absolute atomic E-state index is 0.0835. The Morgan fingerprint density at radius 1 is 1.00 bits per heavy atom. The fourth-order valence-electron chi connectivity index (χ4n) is 3.77. The van der Waals surface area contributed by atoms with Gasteiger partial charge in [-0.3, -0.25) is 9.59 Å². The molecule has 4 atom stereocenters. The molecule has 0 radical (unpaired) electrons. The molecule has 27 heavy (non-hydrogen) atoms. The van der Waals surface area contributed by atoms with Crippen LogP contribution in [0.2, 0.25) is 0 Å². The summed E-state index contributed by atoms with van der Waals surface area (Å²) in [5, 5.41) is 14.1. The molecule has 2 saturated heterocycles. The summed E-state index contributed by atoms with van der Waals surface area (Å²) >= 11 is 0. The molecule has 142 valence electrons. The van der Waals surface area contributed by atoms with E-state index in [9.17, 15) is 19.5 Å². The van der Waals surface area contributed by atoms with Gasteiger partial charge in [-0.2, -0.15) is 0 Å². The first kappa shape index (κ1) is 17.7. The molecule has 2 amide bonds. The number of carbonyl (C=O) groups is 3. The number of amides is 2. The average molecular weight is 371 g/mol. The lowest BCUT2D eigenvalue weighted by Crippen LogP contribution is -2.45. The summed E-state index contributed by atoms with van der Waals surface area (Å²) in [7, 11) is 0. The lowest BCUT2D eigenvalue weighted by atomic mass is 9.82. The number of hydrogen-bond donors (Lipinski definition) is 1. The van der Waals surface area contributed by atoms with Gasteiger partial charge in [-0.1, -0.05) is 12.2 Å². The van der Waals surface area contributed by atoms with Crippen molar-refractivity contribution in [3.63, 3.8) is 0 Å². The van der Waals surface area contributed by atoms with Gasteiger partial charge in [0.15, 0.2) is 0 Å². The predicted octanol–water partition coefficient (Wildman–Crippen LogP) is -0.583.